The fourth-order valence-corrected chi connectivity index (χ4v) is 1.16. The average Bonchev–Trinajstić information content (AvgIpc) is 2.20. The second kappa shape index (κ2) is 4.95. The van der Waals surface area contributed by atoms with Gasteiger partial charge in [-0.05, 0) is 0 Å². The van der Waals surface area contributed by atoms with Crippen LogP contribution in [0.5, 0.6) is 0 Å². The molecule has 0 amide bonds. The molecule has 0 saturated heterocycles. The Kier molecular flexibility index (Phi) is 3.88. The Morgan fingerprint density at radius 1 is 1.67 bits per heavy atom. The highest BCUT2D eigenvalue weighted by Gasteiger charge is 2.11. The van der Waals surface area contributed by atoms with Crippen molar-refractivity contribution in [2.24, 2.45) is 0 Å². The first-order valence-electron chi connectivity index (χ1n) is 3.84. The summed E-state index contributed by atoms with van der Waals surface area (Å²) in [6, 6.07) is 1.11. The van der Waals surface area contributed by atoms with Crippen LogP contribution in [-0.4, -0.2) is 9.49 Å². The summed E-state index contributed by atoms with van der Waals surface area (Å²) >= 11 is 11.0. The molecule has 0 aliphatic rings. The van der Waals surface area contributed by atoms with E-state index in [2.05, 4.69) is 0 Å². The molecular weight excluding hydrogens is 243 g/mol. The van der Waals surface area contributed by atoms with E-state index >= 15 is 0 Å². The quantitative estimate of drug-likeness (QED) is 0.608. The number of rotatable bonds is 3. The molecular formula is C8H6Cl2N2O3. The van der Waals surface area contributed by atoms with Gasteiger partial charge in [-0.1, -0.05) is 23.2 Å². The number of aromatic nitrogens is 1. The minimum Gasteiger partial charge on any atom is -0.343 e. The van der Waals surface area contributed by atoms with Crippen LogP contribution in [0.2, 0.25) is 0 Å². The number of nitro groups is 1. The third kappa shape index (κ3) is 3.07. The maximum absolute atomic E-state index is 11.0. The highest BCUT2D eigenvalue weighted by atomic mass is 35.5. The van der Waals surface area contributed by atoms with Crippen molar-refractivity contribution < 1.29 is 4.92 Å². The van der Waals surface area contributed by atoms with Crippen LogP contribution in [0.15, 0.2) is 33.8 Å². The summed E-state index contributed by atoms with van der Waals surface area (Å²) in [6.07, 6.45) is 2.52. The van der Waals surface area contributed by atoms with Crippen LogP contribution in [0.25, 0.3) is 0 Å². The normalized spacial score (nSPS) is 11.5. The van der Waals surface area contributed by atoms with Gasteiger partial charge in [-0.15, -0.1) is 0 Å². The maximum Gasteiger partial charge on any atom is 0.332 e. The summed E-state index contributed by atoms with van der Waals surface area (Å²) in [5, 5.41) is 10.8. The molecule has 0 aromatic carbocycles. The number of nitrogens with zero attached hydrogens (tertiary/aromatic N) is 2. The first-order chi connectivity index (χ1) is 7.04. The topological polar surface area (TPSA) is 65.1 Å². The van der Waals surface area contributed by atoms with E-state index < -0.39 is 16.0 Å². The van der Waals surface area contributed by atoms with E-state index in [1.54, 1.807) is 0 Å². The minimum absolute atomic E-state index is 0.187. The van der Waals surface area contributed by atoms with E-state index in [-0.39, 0.29) is 6.54 Å². The Labute approximate surface area is 94.7 Å². The second-order valence-electron chi connectivity index (χ2n) is 2.68. The molecule has 0 aliphatic carbocycles. The monoisotopic (exact) mass is 248 g/mol. The molecule has 15 heavy (non-hydrogen) atoms. The van der Waals surface area contributed by atoms with Crippen molar-refractivity contribution in [2.45, 2.75) is 6.54 Å². The average molecular weight is 249 g/mol. The van der Waals surface area contributed by atoms with Gasteiger partial charge in [0.05, 0.1) is 17.7 Å². The van der Waals surface area contributed by atoms with Crippen LogP contribution in [-0.2, 0) is 6.54 Å². The molecule has 7 heteroatoms. The molecule has 0 N–H and O–H groups in total. The van der Waals surface area contributed by atoms with E-state index in [1.165, 1.54) is 10.8 Å². The number of hydrogen-bond donors (Lipinski definition) is 0. The zero-order valence-corrected chi connectivity index (χ0v) is 8.90. The van der Waals surface area contributed by atoms with Crippen molar-refractivity contribution >= 4 is 28.9 Å². The molecule has 80 valence electrons. The molecule has 1 aromatic heterocycles. The third-order valence-electron chi connectivity index (χ3n) is 1.61. The number of pyridine rings is 1. The summed E-state index contributed by atoms with van der Waals surface area (Å²) < 4.78 is 1.40. The molecule has 0 bridgehead atoms. The van der Waals surface area contributed by atoms with Crippen molar-refractivity contribution in [2.75, 3.05) is 0 Å². The van der Waals surface area contributed by atoms with Crippen molar-refractivity contribution in [1.82, 2.24) is 4.57 Å². The summed E-state index contributed by atoms with van der Waals surface area (Å²) in [6.45, 7) is 0.187. The highest BCUT2D eigenvalue weighted by Crippen LogP contribution is 2.09. The van der Waals surface area contributed by atoms with Gasteiger partial charge in [0, 0.05) is 22.8 Å². The SMILES string of the molecule is O=c1ccn(C/C(Cl)=C/Cl)cc1[N+](=O)[O-]. The van der Waals surface area contributed by atoms with Gasteiger partial charge in [0.15, 0.2) is 0 Å². The van der Waals surface area contributed by atoms with E-state index in [0.717, 1.165) is 17.8 Å². The third-order valence-corrected chi connectivity index (χ3v) is 2.21. The van der Waals surface area contributed by atoms with Gasteiger partial charge in [0.1, 0.15) is 0 Å². The predicted octanol–water partition coefficient (Wildman–Crippen LogP) is 2.08. The van der Waals surface area contributed by atoms with Gasteiger partial charge in [-0.3, -0.25) is 14.9 Å². The zero-order valence-electron chi connectivity index (χ0n) is 7.39. The van der Waals surface area contributed by atoms with Crippen LogP contribution in [0.3, 0.4) is 0 Å². The van der Waals surface area contributed by atoms with Crippen molar-refractivity contribution in [3.05, 3.63) is 49.4 Å². The van der Waals surface area contributed by atoms with E-state index in [0.29, 0.717) is 5.03 Å². The molecule has 0 radical (unpaired) electrons. The first-order valence-corrected chi connectivity index (χ1v) is 4.65. The van der Waals surface area contributed by atoms with Gasteiger partial charge in [-0.2, -0.15) is 0 Å². The van der Waals surface area contributed by atoms with Crippen LogP contribution < -0.4 is 5.43 Å². The van der Waals surface area contributed by atoms with Crippen molar-refractivity contribution in [3.63, 3.8) is 0 Å². The van der Waals surface area contributed by atoms with Gasteiger partial charge in [-0.25, -0.2) is 0 Å². The zero-order chi connectivity index (χ0) is 11.4. The molecule has 1 aromatic rings. The molecule has 0 spiro atoms. The van der Waals surface area contributed by atoms with E-state index in [4.69, 9.17) is 23.2 Å². The van der Waals surface area contributed by atoms with Gasteiger partial charge >= 0.3 is 5.69 Å². The second-order valence-corrected chi connectivity index (χ2v) is 3.38. The van der Waals surface area contributed by atoms with Crippen molar-refractivity contribution in [3.8, 4) is 0 Å². The molecule has 1 rings (SSSR count). The van der Waals surface area contributed by atoms with Crippen LogP contribution in [0.1, 0.15) is 0 Å². The van der Waals surface area contributed by atoms with Gasteiger partial charge < -0.3 is 4.57 Å². The summed E-state index contributed by atoms with van der Waals surface area (Å²) in [5.74, 6) is 0. The van der Waals surface area contributed by atoms with Crippen LogP contribution in [0, 0.1) is 10.1 Å². The smallest absolute Gasteiger partial charge is 0.332 e. The molecule has 0 atom stereocenters. The molecule has 0 fully saturated rings. The summed E-state index contributed by atoms with van der Waals surface area (Å²) in [7, 11) is 0. The lowest BCUT2D eigenvalue weighted by Crippen LogP contribution is -2.11. The summed E-state index contributed by atoms with van der Waals surface area (Å²) in [4.78, 5) is 20.7. The van der Waals surface area contributed by atoms with Gasteiger partial charge in [0.2, 0.25) is 0 Å². The Hall–Kier alpha value is -1.33. The molecule has 0 aliphatic heterocycles. The number of hydrogen-bond acceptors (Lipinski definition) is 3. The molecule has 5 nitrogen and oxygen atoms in total. The Bertz CT molecular complexity index is 467. The lowest BCUT2D eigenvalue weighted by atomic mass is 10.4. The lowest BCUT2D eigenvalue weighted by molar-refractivity contribution is -0.386. The molecule has 0 unspecified atom stereocenters. The first kappa shape index (κ1) is 11.7. The fourth-order valence-electron chi connectivity index (χ4n) is 0.957. The lowest BCUT2D eigenvalue weighted by Gasteiger charge is -2.03. The highest BCUT2D eigenvalue weighted by molar-refractivity contribution is 6.36. The van der Waals surface area contributed by atoms with Gasteiger partial charge in [0.25, 0.3) is 5.43 Å². The van der Waals surface area contributed by atoms with E-state index in [1.807, 2.05) is 0 Å². The largest absolute Gasteiger partial charge is 0.343 e. The molecule has 0 saturated carbocycles. The Morgan fingerprint density at radius 3 is 2.87 bits per heavy atom. The van der Waals surface area contributed by atoms with E-state index in [9.17, 15) is 14.9 Å². The number of allylic oxidation sites excluding steroid dienone is 1. The van der Waals surface area contributed by atoms with Crippen LogP contribution in [0.4, 0.5) is 5.69 Å². The standard InChI is InChI=1S/C8H6Cl2N2O3/c9-3-6(10)4-11-2-1-8(13)7(5-11)12(14)15/h1-3,5H,4H2/b6-3-. The molecule has 1 heterocycles. The van der Waals surface area contributed by atoms with Crippen molar-refractivity contribution in [1.29, 1.82) is 0 Å². The Morgan fingerprint density at radius 2 is 2.33 bits per heavy atom. The van der Waals surface area contributed by atoms with Crippen LogP contribution >= 0.6 is 23.2 Å². The fraction of sp³-hybridized carbons (Fsp3) is 0.125. The Balaban J connectivity index is 3.08. The maximum atomic E-state index is 11.0. The summed E-state index contributed by atoms with van der Waals surface area (Å²) in [5.41, 5.74) is 0.0321. The minimum atomic E-state index is -0.739. The predicted molar refractivity (Wildman–Crippen MR) is 57.1 cm³/mol. The number of halogens is 2.